The molecular formula is C50H68F4N7O17S-. The Hall–Kier alpha value is -5.67. The highest BCUT2D eigenvalue weighted by Gasteiger charge is 2.29. The highest BCUT2D eigenvalue weighted by molar-refractivity contribution is 7.79. The standard InChI is InChI=1S/C50H69F4N7O17S/c1-2-8-61(49(63)38-30-37-4-3-36(39-33-56-35-57-34-39)31-40(37)60-41(55)32-38)77-11-7-59-50(64)58-6-10-68-13-15-70-17-19-72-21-23-74-25-27-76-29-28-75-26-24-73-22-20-71-18-16-69-14-12-67-9-5-42(62)78-47-43(51)45(53)48(79(65)66)46(54)44(47)52/h3-4,30-31,33-35H,2,5-29,32H2,1H3,(H2,55,60)(H,65,66)(H2,58,59,64)/p-1. The van der Waals surface area contributed by atoms with Gasteiger partial charge in [-0.1, -0.05) is 19.1 Å². The van der Waals surface area contributed by atoms with Crippen LogP contribution in [0, 0.1) is 23.3 Å². The molecule has 0 bridgehead atoms. The van der Waals surface area contributed by atoms with Gasteiger partial charge in [0, 0.05) is 55.1 Å². The zero-order valence-corrected chi connectivity index (χ0v) is 44.7. The average molecular weight is 1150 g/mol. The van der Waals surface area contributed by atoms with Crippen LogP contribution in [-0.2, 0) is 72.9 Å². The summed E-state index contributed by atoms with van der Waals surface area (Å²) in [6.07, 6.45) is 6.91. The number of urea groups is 1. The van der Waals surface area contributed by atoms with Gasteiger partial charge < -0.3 is 73.0 Å². The molecule has 4 rings (SSSR count). The molecule has 2 aromatic carbocycles. The summed E-state index contributed by atoms with van der Waals surface area (Å²) in [6.45, 7) is 8.78. The van der Waals surface area contributed by atoms with Crippen LogP contribution >= 0.6 is 0 Å². The number of nitrogens with one attached hydrogen (secondary N) is 2. The molecule has 0 aliphatic carbocycles. The molecule has 0 spiro atoms. The fourth-order valence-electron chi connectivity index (χ4n) is 6.59. The maximum atomic E-state index is 13.9. The van der Waals surface area contributed by atoms with Gasteiger partial charge in [-0.2, -0.15) is 8.78 Å². The number of benzene rings is 2. The number of aromatic nitrogens is 2. The van der Waals surface area contributed by atoms with Crippen LogP contribution in [0.15, 0.2) is 52.4 Å². The predicted octanol–water partition coefficient (Wildman–Crippen LogP) is 3.34. The van der Waals surface area contributed by atoms with E-state index in [0.29, 0.717) is 123 Å². The molecule has 3 aromatic rings. The number of ether oxygens (including phenoxy) is 11. The summed E-state index contributed by atoms with van der Waals surface area (Å²) in [6, 6.07) is 5.26. The number of aliphatic imine (C=N–C) groups is 1. The lowest BCUT2D eigenvalue weighted by molar-refractivity contribution is -0.181. The van der Waals surface area contributed by atoms with Gasteiger partial charge in [0.05, 0.1) is 151 Å². The van der Waals surface area contributed by atoms with Crippen LogP contribution in [0.3, 0.4) is 0 Å². The molecule has 24 nitrogen and oxygen atoms in total. The summed E-state index contributed by atoms with van der Waals surface area (Å²) in [7, 11) is 0. The first-order valence-electron chi connectivity index (χ1n) is 25.2. The number of carbonyl (C=O) groups is 3. The SMILES string of the molecule is CCCN(OCCNC(=O)NCCOCCOCCOCCOCCOCCOCCOCCOCCOCCOCCC(=O)Oc1c(F)c(F)c(S(=O)[O-])c(F)c1F)C(=O)C1=Cc2ccc(-c3cncnc3)cc2N=C(N)C1. The number of fused-ring (bicyclic) bond motifs is 1. The van der Waals surface area contributed by atoms with Crippen molar-refractivity contribution in [2.45, 2.75) is 31.1 Å². The van der Waals surface area contributed by atoms with Crippen LogP contribution in [0.25, 0.3) is 17.2 Å². The van der Waals surface area contributed by atoms with Crippen molar-refractivity contribution in [2.24, 2.45) is 10.7 Å². The first-order valence-corrected chi connectivity index (χ1v) is 26.3. The molecule has 0 saturated heterocycles. The second-order valence-corrected chi connectivity index (χ2v) is 17.1. The van der Waals surface area contributed by atoms with Gasteiger partial charge >= 0.3 is 12.0 Å². The molecule has 0 fully saturated rings. The summed E-state index contributed by atoms with van der Waals surface area (Å²) in [4.78, 5) is 54.2. The van der Waals surface area contributed by atoms with Crippen molar-refractivity contribution in [3.8, 4) is 16.9 Å². The minimum Gasteiger partial charge on any atom is -0.768 e. The molecule has 1 aromatic heterocycles. The maximum absolute atomic E-state index is 13.9. The first kappa shape index (κ1) is 65.8. The maximum Gasteiger partial charge on any atom is 0.314 e. The second-order valence-electron chi connectivity index (χ2n) is 16.3. The number of nitrogens with two attached hydrogens (primary N) is 1. The molecule has 29 heteroatoms. The van der Waals surface area contributed by atoms with Crippen LogP contribution in [0.5, 0.6) is 5.75 Å². The summed E-state index contributed by atoms with van der Waals surface area (Å²) >= 11 is -3.61. The van der Waals surface area contributed by atoms with E-state index in [2.05, 4.69) is 30.3 Å². The topological polar surface area (TPSA) is 294 Å². The van der Waals surface area contributed by atoms with E-state index in [1.807, 2.05) is 25.1 Å². The van der Waals surface area contributed by atoms with E-state index < -0.39 is 63.4 Å². The van der Waals surface area contributed by atoms with Crippen molar-refractivity contribution in [2.75, 3.05) is 158 Å². The van der Waals surface area contributed by atoms with E-state index in [-0.39, 0.29) is 71.7 Å². The number of nitrogens with zero attached hydrogens (tertiary/aromatic N) is 4. The van der Waals surface area contributed by atoms with Gasteiger partial charge in [0.2, 0.25) is 17.4 Å². The van der Waals surface area contributed by atoms with E-state index in [1.54, 1.807) is 18.5 Å². The number of hydroxylamine groups is 2. The van der Waals surface area contributed by atoms with E-state index in [1.165, 1.54) is 11.4 Å². The highest BCUT2D eigenvalue weighted by Crippen LogP contribution is 2.33. The average Bonchev–Trinajstić information content (AvgIpc) is 3.61. The van der Waals surface area contributed by atoms with Gasteiger partial charge in [0.1, 0.15) is 17.1 Å². The van der Waals surface area contributed by atoms with E-state index >= 15 is 0 Å². The second kappa shape index (κ2) is 39.7. The third kappa shape index (κ3) is 26.0. The minimum atomic E-state index is -3.61. The molecule has 440 valence electrons. The van der Waals surface area contributed by atoms with Crippen molar-refractivity contribution in [1.29, 1.82) is 0 Å². The highest BCUT2D eigenvalue weighted by atomic mass is 32.2. The number of hydrogen-bond acceptors (Lipinski definition) is 21. The number of amides is 3. The molecule has 4 N–H and O–H groups in total. The predicted molar refractivity (Wildman–Crippen MR) is 273 cm³/mol. The summed E-state index contributed by atoms with van der Waals surface area (Å²) in [5.74, 6) is -11.8. The molecular weight excluding hydrogens is 1080 g/mol. The number of hydrogen-bond donors (Lipinski definition) is 3. The lowest BCUT2D eigenvalue weighted by Crippen LogP contribution is -2.41. The smallest absolute Gasteiger partial charge is 0.314 e. The number of rotatable bonds is 43. The van der Waals surface area contributed by atoms with Crippen LogP contribution < -0.4 is 21.1 Å². The van der Waals surface area contributed by atoms with Gasteiger partial charge in [0.25, 0.3) is 5.91 Å². The largest absolute Gasteiger partial charge is 0.768 e. The van der Waals surface area contributed by atoms with E-state index in [4.69, 9.17) is 57.9 Å². The first-order chi connectivity index (χ1) is 38.4. The molecule has 2 heterocycles. The Bertz CT molecular complexity index is 2360. The Morgan fingerprint density at radius 1 is 0.646 bits per heavy atom. The van der Waals surface area contributed by atoms with Crippen molar-refractivity contribution >= 4 is 46.6 Å². The Morgan fingerprint density at radius 2 is 1.10 bits per heavy atom. The van der Waals surface area contributed by atoms with Crippen LogP contribution in [0.4, 0.5) is 28.0 Å². The Morgan fingerprint density at radius 3 is 1.57 bits per heavy atom. The summed E-state index contributed by atoms with van der Waals surface area (Å²) < 4.78 is 135. The normalized spacial score (nSPS) is 12.6. The summed E-state index contributed by atoms with van der Waals surface area (Å²) in [5, 5.41) is 6.70. The van der Waals surface area contributed by atoms with Crippen molar-refractivity contribution in [3.63, 3.8) is 0 Å². The van der Waals surface area contributed by atoms with E-state index in [0.717, 1.165) is 16.7 Å². The van der Waals surface area contributed by atoms with Crippen LogP contribution in [0.2, 0.25) is 0 Å². The molecule has 1 unspecified atom stereocenters. The fraction of sp³-hybridized carbons (Fsp3) is 0.560. The minimum absolute atomic E-state index is 0.0436. The summed E-state index contributed by atoms with van der Waals surface area (Å²) in [5.41, 5.74) is 9.73. The quantitative estimate of drug-likeness (QED) is 0.0139. The molecule has 0 saturated carbocycles. The number of carbonyl (C=O) groups excluding carboxylic acids is 3. The van der Waals surface area contributed by atoms with Crippen molar-refractivity contribution in [1.82, 2.24) is 25.7 Å². The fourth-order valence-corrected chi connectivity index (χ4v) is 7.06. The Balaban J connectivity index is 0.836. The van der Waals surface area contributed by atoms with Gasteiger partial charge in [-0.3, -0.25) is 18.6 Å². The van der Waals surface area contributed by atoms with Gasteiger partial charge in [-0.05, 0) is 35.2 Å². The molecule has 1 aliphatic heterocycles. The van der Waals surface area contributed by atoms with Crippen LogP contribution in [-0.4, -0.2) is 206 Å². The van der Waals surface area contributed by atoms with Gasteiger partial charge in [-0.15, -0.1) is 0 Å². The monoisotopic (exact) mass is 1150 g/mol. The third-order valence-electron chi connectivity index (χ3n) is 10.3. The van der Waals surface area contributed by atoms with Crippen molar-refractivity contribution in [3.05, 3.63) is 71.3 Å². The number of amidine groups is 1. The number of halogens is 4. The molecule has 3 amide bonds. The zero-order chi connectivity index (χ0) is 56.9. The third-order valence-corrected chi connectivity index (χ3v) is 11.0. The van der Waals surface area contributed by atoms with E-state index in [9.17, 15) is 40.7 Å². The Labute approximate surface area is 457 Å². The molecule has 1 aliphatic rings. The lowest BCUT2D eigenvalue weighted by atomic mass is 10.0. The Kier molecular flexibility index (Phi) is 33.1. The molecule has 0 radical (unpaired) electrons. The molecule has 1 atom stereocenters. The van der Waals surface area contributed by atoms with Crippen molar-refractivity contribution < 1.29 is 97.7 Å². The van der Waals surface area contributed by atoms with Gasteiger partial charge in [0.15, 0.2) is 11.6 Å². The number of esters is 1. The zero-order valence-electron chi connectivity index (χ0n) is 43.9. The van der Waals surface area contributed by atoms with Gasteiger partial charge in [-0.25, -0.2) is 33.6 Å². The van der Waals surface area contributed by atoms with Crippen LogP contribution in [0.1, 0.15) is 31.7 Å². The molecule has 79 heavy (non-hydrogen) atoms. The lowest BCUT2D eigenvalue weighted by Gasteiger charge is -2.22.